The van der Waals surface area contributed by atoms with Crippen molar-refractivity contribution in [2.75, 3.05) is 7.11 Å². The number of aryl methyl sites for hydroxylation is 1. The summed E-state index contributed by atoms with van der Waals surface area (Å²) in [6, 6.07) is 3.72. The summed E-state index contributed by atoms with van der Waals surface area (Å²) in [6.45, 7) is 1.91. The molecule has 0 saturated heterocycles. The molecule has 2 aromatic heterocycles. The first-order valence-corrected chi connectivity index (χ1v) is 4.58. The highest BCUT2D eigenvalue weighted by Gasteiger charge is 2.01. The van der Waals surface area contributed by atoms with Crippen LogP contribution in [0.25, 0.3) is 11.3 Å². The van der Waals surface area contributed by atoms with Gasteiger partial charge in [-0.1, -0.05) is 0 Å². The normalized spacial score (nSPS) is 10.0. The summed E-state index contributed by atoms with van der Waals surface area (Å²) in [5, 5.41) is 0. The van der Waals surface area contributed by atoms with E-state index in [-0.39, 0.29) is 0 Å². The maximum atomic E-state index is 4.98. The van der Waals surface area contributed by atoms with Crippen LogP contribution >= 0.6 is 0 Å². The summed E-state index contributed by atoms with van der Waals surface area (Å²) in [5.74, 6) is 0.597. The summed E-state index contributed by atoms with van der Waals surface area (Å²) in [6.07, 6.45) is 5.17. The first kappa shape index (κ1) is 9.58. The number of rotatable bonds is 2. The van der Waals surface area contributed by atoms with Crippen LogP contribution in [0.15, 0.2) is 30.7 Å². The second-order valence-electron chi connectivity index (χ2n) is 3.13. The molecule has 0 N–H and O–H groups in total. The van der Waals surface area contributed by atoms with Crippen LogP contribution in [0.3, 0.4) is 0 Å². The molecule has 0 aliphatic carbocycles. The van der Waals surface area contributed by atoms with Crippen molar-refractivity contribution in [1.29, 1.82) is 0 Å². The average molecular weight is 201 g/mol. The van der Waals surface area contributed by atoms with Gasteiger partial charge < -0.3 is 4.74 Å². The Hall–Kier alpha value is -1.97. The Bertz CT molecular complexity index is 454. The fourth-order valence-electron chi connectivity index (χ4n) is 1.26. The van der Waals surface area contributed by atoms with E-state index in [4.69, 9.17) is 4.74 Å². The van der Waals surface area contributed by atoms with Gasteiger partial charge in [0.15, 0.2) is 0 Å². The van der Waals surface area contributed by atoms with Crippen LogP contribution in [-0.2, 0) is 0 Å². The molecule has 76 valence electrons. The molecule has 0 aliphatic heterocycles. The molecular formula is C11H11N3O. The lowest BCUT2D eigenvalue weighted by Gasteiger charge is -2.02. The molecule has 0 spiro atoms. The molecule has 2 rings (SSSR count). The molecule has 2 aromatic rings. The van der Waals surface area contributed by atoms with Crippen LogP contribution in [0, 0.1) is 6.92 Å². The van der Waals surface area contributed by atoms with E-state index >= 15 is 0 Å². The van der Waals surface area contributed by atoms with E-state index in [1.165, 1.54) is 0 Å². The number of hydrogen-bond donors (Lipinski definition) is 0. The van der Waals surface area contributed by atoms with Gasteiger partial charge in [0.2, 0.25) is 5.88 Å². The number of aromatic nitrogens is 3. The molecular weight excluding hydrogens is 190 g/mol. The smallest absolute Gasteiger partial charge is 0.212 e. The Morgan fingerprint density at radius 1 is 1.13 bits per heavy atom. The van der Waals surface area contributed by atoms with Crippen molar-refractivity contribution in [2.45, 2.75) is 6.92 Å². The minimum atomic E-state index is 0.597. The minimum Gasteiger partial charge on any atom is -0.481 e. The molecule has 2 heterocycles. The van der Waals surface area contributed by atoms with Crippen LogP contribution in [0.4, 0.5) is 0 Å². The molecule has 4 heteroatoms. The highest BCUT2D eigenvalue weighted by Crippen LogP contribution is 2.17. The van der Waals surface area contributed by atoms with Crippen molar-refractivity contribution >= 4 is 0 Å². The van der Waals surface area contributed by atoms with Gasteiger partial charge in [0.05, 0.1) is 24.7 Å². The van der Waals surface area contributed by atoms with E-state index in [2.05, 4.69) is 15.0 Å². The molecule has 0 aliphatic rings. The summed E-state index contributed by atoms with van der Waals surface area (Å²) in [7, 11) is 1.59. The third kappa shape index (κ3) is 2.10. The lowest BCUT2D eigenvalue weighted by Crippen LogP contribution is -1.91. The third-order valence-corrected chi connectivity index (χ3v) is 2.00. The van der Waals surface area contributed by atoms with Gasteiger partial charge in [-0.3, -0.25) is 4.98 Å². The van der Waals surface area contributed by atoms with Crippen molar-refractivity contribution in [3.05, 3.63) is 36.4 Å². The number of nitrogens with zero attached hydrogens (tertiary/aromatic N) is 3. The van der Waals surface area contributed by atoms with E-state index in [9.17, 15) is 0 Å². The topological polar surface area (TPSA) is 47.9 Å². The standard InChI is InChI=1S/C11H11N3O/c1-8-5-12-7-10(14-8)9-3-4-11(15-2)13-6-9/h3-7H,1-2H3. The van der Waals surface area contributed by atoms with Gasteiger partial charge >= 0.3 is 0 Å². The lowest BCUT2D eigenvalue weighted by molar-refractivity contribution is 0.398. The van der Waals surface area contributed by atoms with Crippen molar-refractivity contribution in [3.8, 4) is 17.1 Å². The number of methoxy groups -OCH3 is 1. The molecule has 15 heavy (non-hydrogen) atoms. The summed E-state index contributed by atoms with van der Waals surface area (Å²) in [4.78, 5) is 12.6. The summed E-state index contributed by atoms with van der Waals surface area (Å²) >= 11 is 0. The molecule has 0 radical (unpaired) electrons. The van der Waals surface area contributed by atoms with Gasteiger partial charge in [-0.25, -0.2) is 9.97 Å². The Labute approximate surface area is 88.0 Å². The quantitative estimate of drug-likeness (QED) is 0.744. The molecule has 0 bridgehead atoms. The van der Waals surface area contributed by atoms with E-state index < -0.39 is 0 Å². The van der Waals surface area contributed by atoms with Gasteiger partial charge in [-0.2, -0.15) is 0 Å². The average Bonchev–Trinajstić information content (AvgIpc) is 2.29. The largest absolute Gasteiger partial charge is 0.481 e. The molecule has 0 atom stereocenters. The number of pyridine rings is 1. The maximum absolute atomic E-state index is 4.98. The Morgan fingerprint density at radius 2 is 2.00 bits per heavy atom. The Balaban J connectivity index is 2.37. The minimum absolute atomic E-state index is 0.597. The van der Waals surface area contributed by atoms with E-state index in [1.54, 1.807) is 31.8 Å². The maximum Gasteiger partial charge on any atom is 0.212 e. The van der Waals surface area contributed by atoms with Crippen LogP contribution in [0.2, 0.25) is 0 Å². The number of hydrogen-bond acceptors (Lipinski definition) is 4. The van der Waals surface area contributed by atoms with Gasteiger partial charge in [-0.05, 0) is 13.0 Å². The Kier molecular flexibility index (Phi) is 2.58. The molecule has 0 saturated carbocycles. The van der Waals surface area contributed by atoms with Gasteiger partial charge in [-0.15, -0.1) is 0 Å². The van der Waals surface area contributed by atoms with Crippen LogP contribution in [0.5, 0.6) is 5.88 Å². The van der Waals surface area contributed by atoms with Crippen molar-refractivity contribution in [1.82, 2.24) is 15.0 Å². The van der Waals surface area contributed by atoms with Crippen LogP contribution < -0.4 is 4.74 Å². The first-order valence-electron chi connectivity index (χ1n) is 4.58. The molecule has 0 unspecified atom stereocenters. The predicted molar refractivity (Wildman–Crippen MR) is 56.6 cm³/mol. The van der Waals surface area contributed by atoms with Gasteiger partial charge in [0, 0.05) is 24.0 Å². The van der Waals surface area contributed by atoms with Crippen molar-refractivity contribution < 1.29 is 4.74 Å². The second kappa shape index (κ2) is 4.04. The number of ether oxygens (including phenoxy) is 1. The SMILES string of the molecule is COc1ccc(-c2cncc(C)n2)cn1. The molecule has 4 nitrogen and oxygen atoms in total. The zero-order chi connectivity index (χ0) is 10.7. The monoisotopic (exact) mass is 201 g/mol. The van der Waals surface area contributed by atoms with E-state index in [0.29, 0.717) is 5.88 Å². The fraction of sp³-hybridized carbons (Fsp3) is 0.182. The van der Waals surface area contributed by atoms with Gasteiger partial charge in [0.25, 0.3) is 0 Å². The predicted octanol–water partition coefficient (Wildman–Crippen LogP) is 1.86. The molecule has 0 aromatic carbocycles. The molecule has 0 amide bonds. The van der Waals surface area contributed by atoms with Crippen LogP contribution in [0.1, 0.15) is 5.69 Å². The zero-order valence-corrected chi connectivity index (χ0v) is 8.64. The summed E-state index contributed by atoms with van der Waals surface area (Å²) < 4.78 is 4.98. The van der Waals surface area contributed by atoms with Gasteiger partial charge in [0.1, 0.15) is 0 Å². The van der Waals surface area contributed by atoms with E-state index in [1.807, 2.05) is 13.0 Å². The first-order chi connectivity index (χ1) is 7.29. The van der Waals surface area contributed by atoms with E-state index in [0.717, 1.165) is 17.0 Å². The summed E-state index contributed by atoms with van der Waals surface area (Å²) in [5.41, 5.74) is 2.65. The zero-order valence-electron chi connectivity index (χ0n) is 8.64. The van der Waals surface area contributed by atoms with Crippen molar-refractivity contribution in [2.24, 2.45) is 0 Å². The lowest BCUT2D eigenvalue weighted by atomic mass is 10.2. The second-order valence-corrected chi connectivity index (χ2v) is 3.13. The fourth-order valence-corrected chi connectivity index (χ4v) is 1.26. The highest BCUT2D eigenvalue weighted by molar-refractivity contribution is 5.57. The van der Waals surface area contributed by atoms with Crippen molar-refractivity contribution in [3.63, 3.8) is 0 Å². The Morgan fingerprint density at radius 3 is 2.60 bits per heavy atom. The molecule has 0 fully saturated rings. The highest BCUT2D eigenvalue weighted by atomic mass is 16.5. The van der Waals surface area contributed by atoms with Crippen LogP contribution in [-0.4, -0.2) is 22.1 Å². The third-order valence-electron chi connectivity index (χ3n) is 2.00.